The molecule has 0 aromatic carbocycles. The molecule has 1 aromatic heterocycles. The first-order valence-corrected chi connectivity index (χ1v) is 7.20. The second-order valence-electron chi connectivity index (χ2n) is 6.22. The predicted octanol–water partition coefficient (Wildman–Crippen LogP) is 4.14. The van der Waals surface area contributed by atoms with Gasteiger partial charge in [0.25, 0.3) is 0 Å². The predicted molar refractivity (Wildman–Crippen MR) is 71.6 cm³/mol. The highest BCUT2D eigenvalue weighted by Crippen LogP contribution is 2.48. The molecule has 1 nitrogen and oxygen atoms in total. The Kier molecular flexibility index (Phi) is 3.15. The maximum atomic E-state index is 6.76. The summed E-state index contributed by atoms with van der Waals surface area (Å²) in [5.41, 5.74) is 8.34. The molecule has 2 N–H and O–H groups in total. The molecular weight excluding hydrogens is 214 g/mol. The Morgan fingerprint density at radius 3 is 2.69 bits per heavy atom. The molecule has 1 heterocycles. The zero-order chi connectivity index (χ0) is 11.8. The van der Waals surface area contributed by atoms with E-state index in [1.54, 1.807) is 11.3 Å². The van der Waals surface area contributed by atoms with E-state index in [0.717, 1.165) is 6.42 Å². The van der Waals surface area contributed by atoms with Crippen molar-refractivity contribution in [1.82, 2.24) is 0 Å². The highest BCUT2D eigenvalue weighted by atomic mass is 32.1. The first kappa shape index (κ1) is 12.1. The first-order chi connectivity index (χ1) is 7.44. The van der Waals surface area contributed by atoms with Crippen molar-refractivity contribution in [2.75, 3.05) is 0 Å². The van der Waals surface area contributed by atoms with Crippen molar-refractivity contribution in [3.63, 3.8) is 0 Å². The Morgan fingerprint density at radius 2 is 2.12 bits per heavy atom. The van der Waals surface area contributed by atoms with E-state index >= 15 is 0 Å². The van der Waals surface area contributed by atoms with E-state index in [-0.39, 0.29) is 5.54 Å². The molecular formula is C14H23NS. The molecule has 1 saturated carbocycles. The van der Waals surface area contributed by atoms with E-state index in [2.05, 4.69) is 37.6 Å². The van der Waals surface area contributed by atoms with Crippen LogP contribution < -0.4 is 5.73 Å². The summed E-state index contributed by atoms with van der Waals surface area (Å²) in [7, 11) is 0. The molecule has 0 bridgehead atoms. The van der Waals surface area contributed by atoms with Gasteiger partial charge < -0.3 is 5.73 Å². The fourth-order valence-corrected chi connectivity index (χ4v) is 4.03. The van der Waals surface area contributed by atoms with E-state index in [9.17, 15) is 0 Å². The van der Waals surface area contributed by atoms with Crippen LogP contribution in [0.25, 0.3) is 0 Å². The van der Waals surface area contributed by atoms with Crippen LogP contribution in [0.5, 0.6) is 0 Å². The van der Waals surface area contributed by atoms with Crippen molar-refractivity contribution in [2.45, 2.75) is 52.0 Å². The molecule has 0 saturated heterocycles. The Hall–Kier alpha value is -0.340. The van der Waals surface area contributed by atoms with Gasteiger partial charge in [0.2, 0.25) is 0 Å². The monoisotopic (exact) mass is 237 g/mol. The number of rotatable bonds is 1. The summed E-state index contributed by atoms with van der Waals surface area (Å²) in [5.74, 6) is 0.600. The van der Waals surface area contributed by atoms with Crippen molar-refractivity contribution in [1.29, 1.82) is 0 Å². The zero-order valence-electron chi connectivity index (χ0n) is 10.6. The number of nitrogens with two attached hydrogens (primary N) is 1. The van der Waals surface area contributed by atoms with Crippen molar-refractivity contribution in [3.8, 4) is 0 Å². The van der Waals surface area contributed by atoms with Gasteiger partial charge in [-0.2, -0.15) is 11.3 Å². The molecule has 1 aliphatic carbocycles. The zero-order valence-corrected chi connectivity index (χ0v) is 11.4. The third-order valence-corrected chi connectivity index (χ3v) is 4.74. The highest BCUT2D eigenvalue weighted by Gasteiger charge is 2.44. The van der Waals surface area contributed by atoms with Crippen LogP contribution in [0.4, 0.5) is 0 Å². The molecule has 0 amide bonds. The van der Waals surface area contributed by atoms with E-state index in [0.29, 0.717) is 11.3 Å². The first-order valence-electron chi connectivity index (χ1n) is 6.26. The molecule has 90 valence electrons. The van der Waals surface area contributed by atoms with Crippen LogP contribution in [0.1, 0.15) is 52.0 Å². The van der Waals surface area contributed by atoms with Gasteiger partial charge in [-0.25, -0.2) is 0 Å². The van der Waals surface area contributed by atoms with Crippen molar-refractivity contribution in [3.05, 3.63) is 22.4 Å². The van der Waals surface area contributed by atoms with E-state index in [1.165, 1.54) is 24.8 Å². The molecule has 16 heavy (non-hydrogen) atoms. The molecule has 0 radical (unpaired) electrons. The average molecular weight is 237 g/mol. The standard InChI is InChI=1S/C14H23NS/c1-13(2,3)12-6-4-5-8-14(12,15)11-7-9-16-10-11/h7,9-10,12H,4-6,8,15H2,1-3H3. The van der Waals surface area contributed by atoms with Crippen LogP contribution in [0.2, 0.25) is 0 Å². The molecule has 0 aliphatic heterocycles. The summed E-state index contributed by atoms with van der Waals surface area (Å²) < 4.78 is 0. The van der Waals surface area contributed by atoms with E-state index in [1.807, 2.05) is 0 Å². The number of hydrogen-bond donors (Lipinski definition) is 1. The van der Waals surface area contributed by atoms with Crippen LogP contribution in [-0.2, 0) is 5.54 Å². The van der Waals surface area contributed by atoms with Crippen LogP contribution in [0, 0.1) is 11.3 Å². The summed E-state index contributed by atoms with van der Waals surface area (Å²) in [6, 6.07) is 2.22. The smallest absolute Gasteiger partial charge is 0.0451 e. The Balaban J connectivity index is 2.35. The lowest BCUT2D eigenvalue weighted by molar-refractivity contribution is 0.0781. The van der Waals surface area contributed by atoms with Gasteiger partial charge in [-0.15, -0.1) is 0 Å². The molecule has 1 aromatic rings. The van der Waals surface area contributed by atoms with E-state index in [4.69, 9.17) is 5.73 Å². The normalized spacial score (nSPS) is 31.6. The van der Waals surface area contributed by atoms with Crippen molar-refractivity contribution < 1.29 is 0 Å². The lowest BCUT2D eigenvalue weighted by Crippen LogP contribution is -2.50. The summed E-state index contributed by atoms with van der Waals surface area (Å²) in [5, 5.41) is 4.39. The molecule has 2 rings (SSSR count). The summed E-state index contributed by atoms with van der Waals surface area (Å²) in [4.78, 5) is 0. The van der Waals surface area contributed by atoms with Gasteiger partial charge in [0.15, 0.2) is 0 Å². The van der Waals surface area contributed by atoms with Gasteiger partial charge in [-0.05, 0) is 46.6 Å². The molecule has 1 aliphatic rings. The lowest BCUT2D eigenvalue weighted by Gasteiger charge is -2.48. The molecule has 1 fully saturated rings. The van der Waals surface area contributed by atoms with Gasteiger partial charge >= 0.3 is 0 Å². The summed E-state index contributed by atoms with van der Waals surface area (Å²) >= 11 is 1.76. The van der Waals surface area contributed by atoms with E-state index < -0.39 is 0 Å². The minimum absolute atomic E-state index is 0.0868. The molecule has 2 heteroatoms. The second-order valence-corrected chi connectivity index (χ2v) is 7.00. The van der Waals surface area contributed by atoms with Gasteiger partial charge in [-0.3, -0.25) is 0 Å². The van der Waals surface area contributed by atoms with Gasteiger partial charge in [0.1, 0.15) is 0 Å². The molecule has 2 atom stereocenters. The fourth-order valence-electron chi connectivity index (χ4n) is 3.28. The Bertz CT molecular complexity index is 336. The quantitative estimate of drug-likeness (QED) is 0.780. The SMILES string of the molecule is CC(C)(C)C1CCCCC1(N)c1ccsc1. The highest BCUT2D eigenvalue weighted by molar-refractivity contribution is 7.08. The van der Waals surface area contributed by atoms with Gasteiger partial charge in [-0.1, -0.05) is 33.6 Å². The van der Waals surface area contributed by atoms with Crippen LogP contribution in [0.3, 0.4) is 0 Å². The largest absolute Gasteiger partial charge is 0.321 e. The second kappa shape index (κ2) is 4.15. The fraction of sp³-hybridized carbons (Fsp3) is 0.714. The Morgan fingerprint density at radius 1 is 1.38 bits per heavy atom. The topological polar surface area (TPSA) is 26.0 Å². The minimum atomic E-state index is -0.0868. The van der Waals surface area contributed by atoms with Gasteiger partial charge in [0, 0.05) is 5.54 Å². The van der Waals surface area contributed by atoms with Crippen molar-refractivity contribution >= 4 is 11.3 Å². The van der Waals surface area contributed by atoms with Crippen molar-refractivity contribution in [2.24, 2.45) is 17.1 Å². The molecule has 2 unspecified atom stereocenters. The maximum absolute atomic E-state index is 6.76. The van der Waals surface area contributed by atoms with Crippen LogP contribution in [0.15, 0.2) is 16.8 Å². The number of hydrogen-bond acceptors (Lipinski definition) is 2. The number of thiophene rings is 1. The lowest BCUT2D eigenvalue weighted by atomic mass is 9.60. The third kappa shape index (κ3) is 2.05. The van der Waals surface area contributed by atoms with Crippen LogP contribution in [-0.4, -0.2) is 0 Å². The minimum Gasteiger partial charge on any atom is -0.321 e. The summed E-state index contributed by atoms with van der Waals surface area (Å²) in [6.07, 6.45) is 5.03. The van der Waals surface area contributed by atoms with Crippen LogP contribution >= 0.6 is 11.3 Å². The maximum Gasteiger partial charge on any atom is 0.0451 e. The summed E-state index contributed by atoms with van der Waals surface area (Å²) in [6.45, 7) is 6.99. The van der Waals surface area contributed by atoms with Gasteiger partial charge in [0.05, 0.1) is 0 Å². The average Bonchev–Trinajstić information content (AvgIpc) is 2.69. The third-order valence-electron chi connectivity index (χ3n) is 4.06. The molecule has 0 spiro atoms. The Labute approximate surface area is 103 Å².